The number of carbonyl (C=O) groups excluding carboxylic acids is 2. The molecule has 27 heavy (non-hydrogen) atoms. The zero-order chi connectivity index (χ0) is 19.0. The summed E-state index contributed by atoms with van der Waals surface area (Å²) in [6.07, 6.45) is 6.34. The molecule has 1 aromatic carbocycles. The Morgan fingerprint density at radius 3 is 2.74 bits per heavy atom. The van der Waals surface area contributed by atoms with E-state index in [-0.39, 0.29) is 5.91 Å². The van der Waals surface area contributed by atoms with Gasteiger partial charge >= 0.3 is 0 Å². The van der Waals surface area contributed by atoms with Gasteiger partial charge in [0.25, 0.3) is 5.91 Å². The molecule has 142 valence electrons. The smallest absolute Gasteiger partial charge is 0.275 e. The van der Waals surface area contributed by atoms with Crippen molar-refractivity contribution in [2.75, 3.05) is 6.54 Å². The Morgan fingerprint density at radius 1 is 1.15 bits per heavy atom. The van der Waals surface area contributed by atoms with E-state index in [1.807, 2.05) is 28.9 Å². The highest BCUT2D eigenvalue weighted by molar-refractivity contribution is 9.10. The maximum atomic E-state index is 13.3. The third-order valence-corrected chi connectivity index (χ3v) is 6.02. The van der Waals surface area contributed by atoms with Crippen LogP contribution < -0.4 is 5.73 Å². The molecule has 7 heteroatoms. The summed E-state index contributed by atoms with van der Waals surface area (Å²) in [5.74, 6) is -0.589. The fourth-order valence-electron chi connectivity index (χ4n) is 4.20. The number of hydrogen-bond acceptors (Lipinski definition) is 3. The molecule has 1 saturated heterocycles. The molecule has 1 atom stereocenters. The molecule has 1 fully saturated rings. The number of rotatable bonds is 3. The van der Waals surface area contributed by atoms with Gasteiger partial charge in [-0.3, -0.25) is 9.59 Å². The van der Waals surface area contributed by atoms with Gasteiger partial charge in [0, 0.05) is 22.3 Å². The lowest BCUT2D eigenvalue weighted by Crippen LogP contribution is -2.50. The van der Waals surface area contributed by atoms with Crippen molar-refractivity contribution in [1.29, 1.82) is 0 Å². The number of benzene rings is 1. The van der Waals surface area contributed by atoms with Gasteiger partial charge in [-0.1, -0.05) is 22.0 Å². The molecule has 2 amide bonds. The van der Waals surface area contributed by atoms with Gasteiger partial charge in [-0.2, -0.15) is 5.10 Å². The molecule has 2 aliphatic rings. The second-order valence-electron chi connectivity index (χ2n) is 7.29. The van der Waals surface area contributed by atoms with E-state index in [0.29, 0.717) is 18.7 Å². The van der Waals surface area contributed by atoms with E-state index in [2.05, 4.69) is 15.9 Å². The number of hydrogen-bond donors (Lipinski definition) is 1. The molecule has 0 spiro atoms. The molecule has 1 aromatic heterocycles. The fourth-order valence-corrected chi connectivity index (χ4v) is 4.59. The molecule has 2 aromatic rings. The molecule has 4 rings (SSSR count). The van der Waals surface area contributed by atoms with E-state index in [1.54, 1.807) is 4.90 Å². The summed E-state index contributed by atoms with van der Waals surface area (Å²) in [7, 11) is 0. The highest BCUT2D eigenvalue weighted by atomic mass is 79.9. The van der Waals surface area contributed by atoms with Gasteiger partial charge in [0.05, 0.1) is 5.69 Å². The summed E-state index contributed by atoms with van der Waals surface area (Å²) < 4.78 is 2.87. The number of halogens is 1. The first-order chi connectivity index (χ1) is 13.1. The van der Waals surface area contributed by atoms with Crippen LogP contribution in [-0.4, -0.2) is 39.1 Å². The number of primary amides is 1. The summed E-state index contributed by atoms with van der Waals surface area (Å²) in [5, 5.41) is 4.72. The molecular formula is C20H23BrN4O2. The van der Waals surface area contributed by atoms with Gasteiger partial charge in [0.2, 0.25) is 5.91 Å². The third kappa shape index (κ3) is 3.40. The van der Waals surface area contributed by atoms with E-state index < -0.39 is 11.9 Å². The van der Waals surface area contributed by atoms with Gasteiger partial charge in [0.1, 0.15) is 6.04 Å². The Bertz CT molecular complexity index is 892. The number of aromatic nitrogens is 2. The highest BCUT2D eigenvalue weighted by Gasteiger charge is 2.35. The van der Waals surface area contributed by atoms with Crippen molar-refractivity contribution in [3.05, 3.63) is 45.7 Å². The normalized spacial score (nSPS) is 19.6. The van der Waals surface area contributed by atoms with Gasteiger partial charge in [0.15, 0.2) is 5.69 Å². The molecule has 1 aliphatic heterocycles. The molecule has 1 unspecified atom stereocenters. The Morgan fingerprint density at radius 2 is 1.96 bits per heavy atom. The van der Waals surface area contributed by atoms with Crippen LogP contribution in [0.1, 0.15) is 53.8 Å². The Labute approximate surface area is 166 Å². The molecule has 1 aliphatic carbocycles. The number of piperidine rings is 1. The van der Waals surface area contributed by atoms with Crippen LogP contribution in [0.4, 0.5) is 0 Å². The fraction of sp³-hybridized carbons (Fsp3) is 0.450. The van der Waals surface area contributed by atoms with Crippen molar-refractivity contribution in [2.45, 2.75) is 51.0 Å². The van der Waals surface area contributed by atoms with E-state index in [0.717, 1.165) is 59.9 Å². The van der Waals surface area contributed by atoms with Crippen molar-refractivity contribution in [2.24, 2.45) is 5.73 Å². The van der Waals surface area contributed by atoms with Gasteiger partial charge in [-0.05, 0) is 63.1 Å². The highest BCUT2D eigenvalue weighted by Crippen LogP contribution is 2.30. The summed E-state index contributed by atoms with van der Waals surface area (Å²) in [5.41, 5.74) is 9.12. The Balaban J connectivity index is 1.76. The van der Waals surface area contributed by atoms with Crippen LogP contribution in [0.3, 0.4) is 0 Å². The van der Waals surface area contributed by atoms with Crippen molar-refractivity contribution in [3.8, 4) is 5.69 Å². The predicted octanol–water partition coefficient (Wildman–Crippen LogP) is 2.99. The second kappa shape index (κ2) is 7.46. The van der Waals surface area contributed by atoms with E-state index in [9.17, 15) is 9.59 Å². The van der Waals surface area contributed by atoms with E-state index in [4.69, 9.17) is 10.8 Å². The lowest BCUT2D eigenvalue weighted by molar-refractivity contribution is -0.123. The lowest BCUT2D eigenvalue weighted by Gasteiger charge is -2.33. The first-order valence-corrected chi connectivity index (χ1v) is 10.3. The molecule has 0 bridgehead atoms. The third-order valence-electron chi connectivity index (χ3n) is 5.53. The Hall–Kier alpha value is -2.15. The van der Waals surface area contributed by atoms with E-state index in [1.165, 1.54) is 0 Å². The van der Waals surface area contributed by atoms with Crippen LogP contribution in [0.2, 0.25) is 0 Å². The van der Waals surface area contributed by atoms with Crippen molar-refractivity contribution >= 4 is 27.7 Å². The largest absolute Gasteiger partial charge is 0.368 e. The van der Waals surface area contributed by atoms with Crippen LogP contribution in [0.5, 0.6) is 0 Å². The van der Waals surface area contributed by atoms with Gasteiger partial charge < -0.3 is 10.6 Å². The standard InChI is InChI=1S/C20H23BrN4O2/c21-13-6-5-7-14(12-13)25-16-9-2-1-8-15(16)18(23-25)20(27)24-11-4-3-10-17(24)19(22)26/h5-7,12,17H,1-4,8-11H2,(H2,22,26). The van der Waals surface area contributed by atoms with Crippen molar-refractivity contribution in [3.63, 3.8) is 0 Å². The number of carbonyl (C=O) groups is 2. The zero-order valence-corrected chi connectivity index (χ0v) is 16.7. The molecule has 0 saturated carbocycles. The van der Waals surface area contributed by atoms with Crippen LogP contribution >= 0.6 is 15.9 Å². The average molecular weight is 431 g/mol. The SMILES string of the molecule is NC(=O)C1CCCCN1C(=O)c1nn(-c2cccc(Br)c2)c2c1CCCC2. The van der Waals surface area contributed by atoms with Crippen LogP contribution in [-0.2, 0) is 17.6 Å². The number of nitrogens with two attached hydrogens (primary N) is 1. The van der Waals surface area contributed by atoms with Crippen LogP contribution in [0, 0.1) is 0 Å². The summed E-state index contributed by atoms with van der Waals surface area (Å²) in [6.45, 7) is 0.560. The summed E-state index contributed by atoms with van der Waals surface area (Å²) in [6, 6.07) is 7.40. The topological polar surface area (TPSA) is 81.2 Å². The van der Waals surface area contributed by atoms with Crippen molar-refractivity contribution in [1.82, 2.24) is 14.7 Å². The molecular weight excluding hydrogens is 408 g/mol. The van der Waals surface area contributed by atoms with Gasteiger partial charge in [-0.15, -0.1) is 0 Å². The predicted molar refractivity (Wildman–Crippen MR) is 106 cm³/mol. The molecule has 6 nitrogen and oxygen atoms in total. The van der Waals surface area contributed by atoms with Crippen LogP contribution in [0.15, 0.2) is 28.7 Å². The number of nitrogens with zero attached hydrogens (tertiary/aromatic N) is 3. The maximum Gasteiger partial charge on any atom is 0.275 e. The number of fused-ring (bicyclic) bond motifs is 1. The molecule has 2 N–H and O–H groups in total. The van der Waals surface area contributed by atoms with E-state index >= 15 is 0 Å². The average Bonchev–Trinajstić information content (AvgIpc) is 3.07. The quantitative estimate of drug-likeness (QED) is 0.812. The summed E-state index contributed by atoms with van der Waals surface area (Å²) in [4.78, 5) is 26.8. The summed E-state index contributed by atoms with van der Waals surface area (Å²) >= 11 is 3.51. The van der Waals surface area contributed by atoms with Crippen LogP contribution in [0.25, 0.3) is 5.69 Å². The first-order valence-electron chi connectivity index (χ1n) is 9.53. The molecule has 0 radical (unpaired) electrons. The van der Waals surface area contributed by atoms with Gasteiger partial charge in [-0.25, -0.2) is 4.68 Å². The zero-order valence-electron chi connectivity index (χ0n) is 15.2. The molecule has 2 heterocycles. The number of amides is 2. The monoisotopic (exact) mass is 430 g/mol. The number of likely N-dealkylation sites (tertiary alicyclic amines) is 1. The van der Waals surface area contributed by atoms with Crippen molar-refractivity contribution < 1.29 is 9.59 Å². The first kappa shape index (κ1) is 18.2. The minimum absolute atomic E-state index is 0.162. The second-order valence-corrected chi connectivity index (χ2v) is 8.20. The minimum Gasteiger partial charge on any atom is -0.368 e. The Kier molecular flexibility index (Phi) is 5.04. The maximum absolute atomic E-state index is 13.3. The lowest BCUT2D eigenvalue weighted by atomic mass is 9.94. The minimum atomic E-state index is -0.526.